The summed E-state index contributed by atoms with van der Waals surface area (Å²) < 4.78 is 10.2. The van der Waals surface area contributed by atoms with E-state index in [1.54, 1.807) is 30.5 Å². The number of aliphatic hydroxyl groups excluding tert-OH is 1. The van der Waals surface area contributed by atoms with Gasteiger partial charge in [0.2, 0.25) is 0 Å². The zero-order chi connectivity index (χ0) is 14.2. The Balaban J connectivity index is 1.90. The number of aliphatic hydroxyl groups is 1. The molecule has 1 atom stereocenters. The van der Waals surface area contributed by atoms with Crippen LogP contribution in [0.2, 0.25) is 0 Å². The average molecular weight is 279 g/mol. The van der Waals surface area contributed by atoms with Crippen LogP contribution in [0.3, 0.4) is 0 Å². The topological polar surface area (TPSA) is 71.7 Å². The molecule has 1 amide bonds. The number of carbonyl (C=O) groups excluding carboxylic acids is 1. The first-order valence-electron chi connectivity index (χ1n) is 7.04. The smallest absolute Gasteiger partial charge is 0.253 e. The summed E-state index contributed by atoms with van der Waals surface area (Å²) in [6.45, 7) is -0.495. The first-order chi connectivity index (χ1) is 9.79. The Morgan fingerprint density at radius 1 is 1.50 bits per heavy atom. The zero-order valence-electron chi connectivity index (χ0n) is 11.5. The van der Waals surface area contributed by atoms with E-state index >= 15 is 0 Å². The third-order valence-corrected chi connectivity index (χ3v) is 3.44. The molecule has 20 heavy (non-hydrogen) atoms. The Morgan fingerprint density at radius 3 is 2.95 bits per heavy atom. The highest BCUT2D eigenvalue weighted by Crippen LogP contribution is 2.17. The van der Waals surface area contributed by atoms with Crippen molar-refractivity contribution in [2.75, 3.05) is 6.79 Å². The summed E-state index contributed by atoms with van der Waals surface area (Å²) in [4.78, 5) is 12.1. The Labute approximate surface area is 118 Å². The highest BCUT2D eigenvalue weighted by molar-refractivity contribution is 5.83. The predicted octanol–water partition coefficient (Wildman–Crippen LogP) is 2.08. The van der Waals surface area contributed by atoms with Gasteiger partial charge in [-0.25, -0.2) is 0 Å². The number of carbonyl (C=O) groups is 1. The molecule has 5 heteroatoms. The summed E-state index contributed by atoms with van der Waals surface area (Å²) in [6, 6.07) is 3.77. The molecule has 5 nitrogen and oxygen atoms in total. The van der Waals surface area contributed by atoms with E-state index < -0.39 is 12.9 Å². The number of furan rings is 1. The minimum atomic E-state index is -0.799. The summed E-state index contributed by atoms with van der Waals surface area (Å²) in [5.74, 6) is 0.427. The molecule has 0 spiro atoms. The SMILES string of the molecule is O=C(NC1CCCCC1)C(/C=C/c1ccco1)OCO. The minimum Gasteiger partial charge on any atom is -0.465 e. The summed E-state index contributed by atoms with van der Waals surface area (Å²) in [6.07, 6.45) is 9.59. The molecule has 2 N–H and O–H groups in total. The van der Waals surface area contributed by atoms with Crippen LogP contribution in [0.1, 0.15) is 37.9 Å². The van der Waals surface area contributed by atoms with Crippen molar-refractivity contribution in [1.29, 1.82) is 0 Å². The molecule has 1 aliphatic carbocycles. The van der Waals surface area contributed by atoms with Gasteiger partial charge in [0.05, 0.1) is 6.26 Å². The van der Waals surface area contributed by atoms with E-state index in [1.807, 2.05) is 0 Å². The van der Waals surface area contributed by atoms with Gasteiger partial charge in [-0.05, 0) is 37.1 Å². The van der Waals surface area contributed by atoms with Gasteiger partial charge in [-0.1, -0.05) is 19.3 Å². The maximum atomic E-state index is 12.1. The standard InChI is InChI=1S/C15H21NO4/c17-11-20-14(9-8-13-7-4-10-19-13)15(18)16-12-5-2-1-3-6-12/h4,7-10,12,14,17H,1-3,5-6,11H2,(H,16,18)/b9-8+. The first kappa shape index (κ1) is 14.8. The van der Waals surface area contributed by atoms with Crippen molar-refractivity contribution in [3.63, 3.8) is 0 Å². The fourth-order valence-corrected chi connectivity index (χ4v) is 2.40. The third-order valence-electron chi connectivity index (χ3n) is 3.44. The monoisotopic (exact) mass is 279 g/mol. The largest absolute Gasteiger partial charge is 0.465 e. The van der Waals surface area contributed by atoms with Crippen LogP contribution in [0.4, 0.5) is 0 Å². The molecule has 1 aliphatic rings. The Kier molecular flexibility index (Phi) is 5.83. The van der Waals surface area contributed by atoms with Gasteiger partial charge in [0.25, 0.3) is 5.91 Å². The summed E-state index contributed by atoms with van der Waals surface area (Å²) in [5, 5.41) is 11.9. The number of hydrogen-bond acceptors (Lipinski definition) is 4. The van der Waals surface area contributed by atoms with Crippen molar-refractivity contribution < 1.29 is 19.1 Å². The van der Waals surface area contributed by atoms with Crippen molar-refractivity contribution in [1.82, 2.24) is 5.32 Å². The van der Waals surface area contributed by atoms with Gasteiger partial charge in [0.1, 0.15) is 12.6 Å². The maximum absolute atomic E-state index is 12.1. The molecule has 1 saturated carbocycles. The average Bonchev–Trinajstić information content (AvgIpc) is 2.97. The van der Waals surface area contributed by atoms with E-state index in [-0.39, 0.29) is 11.9 Å². The van der Waals surface area contributed by atoms with Crippen molar-refractivity contribution >= 4 is 12.0 Å². The lowest BCUT2D eigenvalue weighted by atomic mass is 9.95. The fourth-order valence-electron chi connectivity index (χ4n) is 2.40. The zero-order valence-corrected chi connectivity index (χ0v) is 11.5. The van der Waals surface area contributed by atoms with Gasteiger partial charge in [-0.2, -0.15) is 0 Å². The molecule has 1 heterocycles. The van der Waals surface area contributed by atoms with E-state index in [4.69, 9.17) is 14.3 Å². The van der Waals surface area contributed by atoms with E-state index in [9.17, 15) is 4.79 Å². The molecular weight excluding hydrogens is 258 g/mol. The van der Waals surface area contributed by atoms with Crippen LogP contribution in [-0.2, 0) is 9.53 Å². The van der Waals surface area contributed by atoms with Gasteiger partial charge in [-0.15, -0.1) is 0 Å². The molecule has 0 bridgehead atoms. The molecular formula is C15H21NO4. The Morgan fingerprint density at radius 2 is 2.30 bits per heavy atom. The second kappa shape index (κ2) is 7.87. The molecule has 0 aliphatic heterocycles. The Bertz CT molecular complexity index is 421. The van der Waals surface area contributed by atoms with Gasteiger partial charge in [0, 0.05) is 6.04 Å². The summed E-state index contributed by atoms with van der Waals surface area (Å²) in [5.41, 5.74) is 0. The minimum absolute atomic E-state index is 0.214. The van der Waals surface area contributed by atoms with E-state index in [2.05, 4.69) is 5.32 Å². The number of nitrogens with one attached hydrogen (secondary N) is 1. The van der Waals surface area contributed by atoms with Crippen LogP contribution < -0.4 is 5.32 Å². The van der Waals surface area contributed by atoms with Gasteiger partial charge < -0.3 is 19.6 Å². The van der Waals surface area contributed by atoms with Crippen LogP contribution in [0.25, 0.3) is 6.08 Å². The Hall–Kier alpha value is -1.59. The molecule has 1 aromatic heterocycles. The molecule has 110 valence electrons. The third kappa shape index (κ3) is 4.51. The number of hydrogen-bond donors (Lipinski definition) is 2. The van der Waals surface area contributed by atoms with Crippen LogP contribution in [-0.4, -0.2) is 30.0 Å². The van der Waals surface area contributed by atoms with E-state index in [0.717, 1.165) is 25.7 Å². The lowest BCUT2D eigenvalue weighted by Gasteiger charge is -2.24. The molecule has 0 aromatic carbocycles. The molecule has 2 rings (SSSR count). The summed E-state index contributed by atoms with van der Waals surface area (Å²) in [7, 11) is 0. The lowest BCUT2D eigenvalue weighted by molar-refractivity contribution is -0.136. The van der Waals surface area contributed by atoms with Crippen molar-refractivity contribution in [2.45, 2.75) is 44.2 Å². The number of amides is 1. The molecule has 0 radical (unpaired) electrons. The van der Waals surface area contributed by atoms with Crippen LogP contribution in [0, 0.1) is 0 Å². The lowest BCUT2D eigenvalue weighted by Crippen LogP contribution is -2.42. The van der Waals surface area contributed by atoms with E-state index in [1.165, 1.54) is 6.42 Å². The van der Waals surface area contributed by atoms with Crippen molar-refractivity contribution in [2.24, 2.45) is 0 Å². The van der Waals surface area contributed by atoms with Crippen LogP contribution in [0.15, 0.2) is 28.9 Å². The quantitative estimate of drug-likeness (QED) is 0.782. The van der Waals surface area contributed by atoms with Crippen molar-refractivity contribution in [3.8, 4) is 0 Å². The highest BCUT2D eigenvalue weighted by Gasteiger charge is 2.21. The first-order valence-corrected chi connectivity index (χ1v) is 7.04. The fraction of sp³-hybridized carbons (Fsp3) is 0.533. The molecule has 1 unspecified atom stereocenters. The van der Waals surface area contributed by atoms with Gasteiger partial charge in [-0.3, -0.25) is 4.79 Å². The summed E-state index contributed by atoms with van der Waals surface area (Å²) >= 11 is 0. The number of rotatable bonds is 6. The van der Waals surface area contributed by atoms with Crippen molar-refractivity contribution in [3.05, 3.63) is 30.2 Å². The van der Waals surface area contributed by atoms with Crippen LogP contribution >= 0.6 is 0 Å². The highest BCUT2D eigenvalue weighted by atomic mass is 16.6. The molecule has 1 fully saturated rings. The normalized spacial score (nSPS) is 18.2. The number of ether oxygens (including phenoxy) is 1. The van der Waals surface area contributed by atoms with E-state index in [0.29, 0.717) is 5.76 Å². The van der Waals surface area contributed by atoms with Gasteiger partial charge >= 0.3 is 0 Å². The second-order valence-electron chi connectivity index (χ2n) is 4.93. The molecule has 0 saturated heterocycles. The predicted molar refractivity (Wildman–Crippen MR) is 74.7 cm³/mol. The van der Waals surface area contributed by atoms with Gasteiger partial charge in [0.15, 0.2) is 6.10 Å². The van der Waals surface area contributed by atoms with Crippen LogP contribution in [0.5, 0.6) is 0 Å². The second-order valence-corrected chi connectivity index (χ2v) is 4.93. The maximum Gasteiger partial charge on any atom is 0.253 e. The molecule has 1 aromatic rings.